The largest absolute Gasteiger partial charge is 0.456 e. The van der Waals surface area contributed by atoms with Crippen molar-refractivity contribution < 1.29 is 17.7 Å². The smallest absolute Gasteiger partial charge is 0.252 e. The number of anilines is 6. The number of hydrogen-bond donors (Lipinski definition) is 0. The fourth-order valence-corrected chi connectivity index (χ4v) is 14.9. The molecule has 13 aromatic carbocycles. The van der Waals surface area contributed by atoms with E-state index >= 15 is 0 Å². The minimum atomic E-state index is -0.337. The molecule has 0 fully saturated rings. The Kier molecular flexibility index (Phi) is 9.14. The topological polar surface area (TPSA) is 64.0 Å². The van der Waals surface area contributed by atoms with Crippen molar-refractivity contribution in [3.05, 3.63) is 267 Å². The van der Waals surface area contributed by atoms with Gasteiger partial charge < -0.3 is 32.0 Å². The van der Waals surface area contributed by atoms with Crippen molar-refractivity contribution in [2.75, 3.05) is 9.80 Å². The van der Waals surface area contributed by atoms with Crippen LogP contribution >= 0.6 is 0 Å². The van der Waals surface area contributed by atoms with Crippen LogP contribution in [0.4, 0.5) is 34.1 Å². The lowest BCUT2D eigenvalue weighted by Gasteiger charge is -2.44. The van der Waals surface area contributed by atoms with Gasteiger partial charge in [-0.05, 0) is 148 Å². The summed E-state index contributed by atoms with van der Waals surface area (Å²) in [6.07, 6.45) is 0. The van der Waals surface area contributed by atoms with E-state index < -0.39 is 0 Å². The molecule has 8 heteroatoms. The summed E-state index contributed by atoms with van der Waals surface area (Å²) in [5, 5.41) is 10.7. The molecule has 18 aromatic rings. The van der Waals surface area contributed by atoms with Gasteiger partial charge in [-0.25, -0.2) is 0 Å². The molecule has 0 saturated carbocycles. The molecule has 0 unspecified atom stereocenters. The van der Waals surface area contributed by atoms with Crippen molar-refractivity contribution in [3.8, 4) is 27.9 Å². The number of aromatic nitrogens is 1. The summed E-state index contributed by atoms with van der Waals surface area (Å²) < 4.78 is 30.7. The summed E-state index contributed by atoms with van der Waals surface area (Å²) in [5.41, 5.74) is 23.8. The van der Waals surface area contributed by atoms with Crippen LogP contribution in [0, 0.1) is 0 Å². The second-order valence-electron chi connectivity index (χ2n) is 23.0. The van der Waals surface area contributed by atoms with Gasteiger partial charge in [0.25, 0.3) is 6.71 Å². The van der Waals surface area contributed by atoms with Crippen molar-refractivity contribution in [3.63, 3.8) is 0 Å². The van der Waals surface area contributed by atoms with Crippen molar-refractivity contribution in [1.29, 1.82) is 0 Å². The van der Waals surface area contributed by atoms with Crippen molar-refractivity contribution in [2.24, 2.45) is 0 Å². The minimum Gasteiger partial charge on any atom is -0.456 e. The van der Waals surface area contributed by atoms with Gasteiger partial charge in [0.1, 0.15) is 39.1 Å². The van der Waals surface area contributed by atoms with Gasteiger partial charge in [-0.15, -0.1) is 0 Å². The number of furan rings is 4. The van der Waals surface area contributed by atoms with Crippen molar-refractivity contribution in [2.45, 2.75) is 0 Å². The molecule has 0 amide bonds. The van der Waals surface area contributed by atoms with Crippen LogP contribution in [0.1, 0.15) is 0 Å². The highest BCUT2D eigenvalue weighted by Gasteiger charge is 2.47. The molecule has 5 aromatic heterocycles. The maximum absolute atomic E-state index is 7.42. The average molecular weight is 1100 g/mol. The molecule has 0 spiro atoms. The van der Waals surface area contributed by atoms with Gasteiger partial charge in [0, 0.05) is 65.8 Å². The van der Waals surface area contributed by atoms with E-state index in [9.17, 15) is 0 Å². The van der Waals surface area contributed by atoms with Crippen LogP contribution in [0.5, 0.6) is 0 Å². The van der Waals surface area contributed by atoms with Crippen LogP contribution in [-0.2, 0) is 0 Å². The lowest BCUT2D eigenvalue weighted by molar-refractivity contribution is 0.668. The van der Waals surface area contributed by atoms with Gasteiger partial charge in [0.15, 0.2) is 5.58 Å². The summed E-state index contributed by atoms with van der Waals surface area (Å²) >= 11 is 0. The van der Waals surface area contributed by atoms with Crippen LogP contribution < -0.4 is 26.2 Å². The molecule has 0 atom stereocenters. The first-order chi connectivity index (χ1) is 42.6. The third kappa shape index (κ3) is 6.26. The quantitative estimate of drug-likeness (QED) is 0.160. The number of para-hydroxylation sites is 4. The zero-order chi connectivity index (χ0) is 55.9. The number of rotatable bonds is 5. The van der Waals surface area contributed by atoms with Crippen molar-refractivity contribution in [1.82, 2.24) is 4.57 Å². The van der Waals surface area contributed by atoms with Gasteiger partial charge in [-0.3, -0.25) is 0 Å². The summed E-state index contributed by atoms with van der Waals surface area (Å²) in [4.78, 5) is 5.03. The van der Waals surface area contributed by atoms with E-state index in [0.29, 0.717) is 0 Å². The van der Waals surface area contributed by atoms with Crippen molar-refractivity contribution >= 4 is 167 Å². The SMILES string of the molecule is c1ccc(-c2ccc3oc4cccc(N5c6cc7c(cc6B6c8cc(-n9c%10ccccc%10c%10ccccc%109)ccc8N(c8cccc9oc%10ccc(-c%11ccccc%11)cc%10c89)c8c6c5cc5c8oc6ccccc65)oc5ccccc57)c4c3c2)cc1. The zero-order valence-corrected chi connectivity index (χ0v) is 46.0. The number of hydrogen-bond acceptors (Lipinski definition) is 6. The minimum absolute atomic E-state index is 0.337. The Labute approximate surface area is 491 Å². The number of benzene rings is 13. The fourth-order valence-electron chi connectivity index (χ4n) is 14.9. The summed E-state index contributed by atoms with van der Waals surface area (Å²) in [5.74, 6) is 0. The highest BCUT2D eigenvalue weighted by atomic mass is 16.3. The van der Waals surface area contributed by atoms with E-state index in [1.165, 1.54) is 10.8 Å². The molecule has 0 saturated heterocycles. The summed E-state index contributed by atoms with van der Waals surface area (Å²) in [6, 6.07) is 96.1. The standard InChI is InChI=1S/C78H44BN3O4/c1-3-17-45(18-4-1)47-33-37-69-56(39-47)74-63(27-15-31-71(74)83-69)81-65-42-54-52-23-9-13-29-67(52)85-73(54)44-59(65)79-58-41-49(80-60-25-11-7-21-50(60)51-22-8-12-26-61(51)80)35-36-62(58)82(77-76(79)66(81)43-55-53-24-10-14-30-68(53)86-78(55)77)64-28-16-32-72-75(64)57-40-48(34-38-70(57)84-72)46-19-5-2-6-20-46/h1-44H. The Morgan fingerprint density at radius 1 is 0.267 bits per heavy atom. The molecule has 20 rings (SSSR count). The third-order valence-electron chi connectivity index (χ3n) is 18.5. The lowest BCUT2D eigenvalue weighted by atomic mass is 9.33. The molecular formula is C78H44BN3O4. The van der Waals surface area contributed by atoms with Gasteiger partial charge in [-0.2, -0.15) is 0 Å². The van der Waals surface area contributed by atoms with E-state index in [0.717, 1.165) is 177 Å². The highest BCUT2D eigenvalue weighted by Crippen LogP contribution is 2.54. The first-order valence-corrected chi connectivity index (χ1v) is 29.3. The summed E-state index contributed by atoms with van der Waals surface area (Å²) in [6.45, 7) is -0.337. The van der Waals surface area contributed by atoms with E-state index in [2.05, 4.69) is 281 Å². The molecule has 86 heavy (non-hydrogen) atoms. The normalized spacial score (nSPS) is 13.0. The van der Waals surface area contributed by atoms with Gasteiger partial charge >= 0.3 is 0 Å². The Balaban J connectivity index is 0.960. The van der Waals surface area contributed by atoms with Gasteiger partial charge in [0.2, 0.25) is 0 Å². The number of nitrogens with zero attached hydrogens (tertiary/aromatic N) is 3. The first kappa shape index (κ1) is 46.1. The Hall–Kier alpha value is -11.5. The first-order valence-electron chi connectivity index (χ1n) is 29.3. The monoisotopic (exact) mass is 1100 g/mol. The van der Waals surface area contributed by atoms with E-state index in [4.69, 9.17) is 17.7 Å². The molecule has 2 aliphatic rings. The second-order valence-corrected chi connectivity index (χ2v) is 23.0. The van der Waals surface area contributed by atoms with Crippen LogP contribution in [0.2, 0.25) is 0 Å². The van der Waals surface area contributed by atoms with Crippen LogP contribution in [-0.4, -0.2) is 11.3 Å². The van der Waals surface area contributed by atoms with E-state index in [1.807, 2.05) is 0 Å². The lowest BCUT2D eigenvalue weighted by Crippen LogP contribution is -2.61. The van der Waals surface area contributed by atoms with Crippen LogP contribution in [0.15, 0.2) is 285 Å². The predicted octanol–water partition coefficient (Wildman–Crippen LogP) is 19.8. The molecule has 398 valence electrons. The molecular weight excluding hydrogens is 1050 g/mol. The van der Waals surface area contributed by atoms with Gasteiger partial charge in [-0.1, -0.05) is 158 Å². The molecule has 0 N–H and O–H groups in total. The maximum Gasteiger partial charge on any atom is 0.252 e. The highest BCUT2D eigenvalue weighted by molar-refractivity contribution is 7.00. The number of fused-ring (bicyclic) bond motifs is 20. The molecule has 7 nitrogen and oxygen atoms in total. The average Bonchev–Trinajstić information content (AvgIpc) is 1.12. The molecule has 0 bridgehead atoms. The maximum atomic E-state index is 7.42. The van der Waals surface area contributed by atoms with Gasteiger partial charge in [0.05, 0.1) is 38.9 Å². The Morgan fingerprint density at radius 2 is 0.767 bits per heavy atom. The molecule has 7 heterocycles. The van der Waals surface area contributed by atoms with Crippen LogP contribution in [0.3, 0.4) is 0 Å². The van der Waals surface area contributed by atoms with Crippen LogP contribution in [0.25, 0.3) is 138 Å². The Morgan fingerprint density at radius 3 is 1.41 bits per heavy atom. The summed E-state index contributed by atoms with van der Waals surface area (Å²) in [7, 11) is 0. The van der Waals surface area contributed by atoms with E-state index in [-0.39, 0.29) is 6.71 Å². The zero-order valence-electron chi connectivity index (χ0n) is 46.0. The van der Waals surface area contributed by atoms with E-state index in [1.54, 1.807) is 0 Å². The molecule has 2 aliphatic heterocycles. The second kappa shape index (κ2) is 17.1. The Bertz CT molecular complexity index is 5890. The molecule has 0 radical (unpaired) electrons. The fraction of sp³-hybridized carbons (Fsp3) is 0. The molecule has 0 aliphatic carbocycles. The predicted molar refractivity (Wildman–Crippen MR) is 355 cm³/mol. The third-order valence-corrected chi connectivity index (χ3v) is 18.5.